The molecule has 1 atom stereocenters. The number of hydrogen-bond acceptors (Lipinski definition) is 5. The van der Waals surface area contributed by atoms with Gasteiger partial charge < -0.3 is 24.8 Å². The fourth-order valence-electron chi connectivity index (χ4n) is 4.05. The number of fused-ring (bicyclic) bond motifs is 1. The number of nitrogens with zero attached hydrogens (tertiary/aromatic N) is 3. The zero-order chi connectivity index (χ0) is 22.9. The highest BCUT2D eigenvalue weighted by atomic mass is 19.1. The average molecular weight is 443 g/mol. The van der Waals surface area contributed by atoms with E-state index in [1.165, 1.54) is 25.6 Å². The van der Waals surface area contributed by atoms with Crippen LogP contribution in [0.4, 0.5) is 4.39 Å². The number of halogens is 1. The van der Waals surface area contributed by atoms with Crippen molar-refractivity contribution in [1.29, 1.82) is 0 Å². The lowest BCUT2D eigenvalue weighted by atomic mass is 9.93. The van der Waals surface area contributed by atoms with Crippen LogP contribution in [0, 0.1) is 5.82 Å². The molecule has 1 aliphatic heterocycles. The van der Waals surface area contributed by atoms with Gasteiger partial charge in [0.15, 0.2) is 5.69 Å². The van der Waals surface area contributed by atoms with Gasteiger partial charge in [-0.25, -0.2) is 9.37 Å². The van der Waals surface area contributed by atoms with E-state index < -0.39 is 11.4 Å². The lowest BCUT2D eigenvalue weighted by Crippen LogP contribution is -2.64. The molecule has 1 saturated carbocycles. The van der Waals surface area contributed by atoms with Gasteiger partial charge in [-0.15, -0.1) is 0 Å². The molecule has 0 saturated heterocycles. The van der Waals surface area contributed by atoms with E-state index in [4.69, 9.17) is 4.74 Å². The molecule has 9 nitrogen and oxygen atoms in total. The number of amides is 3. The highest BCUT2D eigenvalue weighted by Crippen LogP contribution is 2.38. The van der Waals surface area contributed by atoms with E-state index in [9.17, 15) is 18.8 Å². The molecular weight excluding hydrogens is 417 g/mol. The monoisotopic (exact) mass is 443 g/mol. The first-order valence-electron chi connectivity index (χ1n) is 10.5. The van der Waals surface area contributed by atoms with E-state index in [-0.39, 0.29) is 48.2 Å². The fourth-order valence-corrected chi connectivity index (χ4v) is 4.05. The van der Waals surface area contributed by atoms with Gasteiger partial charge in [-0.05, 0) is 37.5 Å². The number of carbonyl (C=O) groups excluding carboxylic acids is 3. The van der Waals surface area contributed by atoms with Gasteiger partial charge in [-0.1, -0.05) is 12.1 Å². The summed E-state index contributed by atoms with van der Waals surface area (Å²) in [6, 6.07) is 5.81. The molecule has 10 heteroatoms. The Morgan fingerprint density at radius 3 is 2.62 bits per heavy atom. The first-order chi connectivity index (χ1) is 15.3. The molecule has 4 rings (SSSR count). The topological polar surface area (TPSA) is 106 Å². The summed E-state index contributed by atoms with van der Waals surface area (Å²) in [6.45, 7) is 2.76. The molecule has 0 spiro atoms. The van der Waals surface area contributed by atoms with E-state index >= 15 is 0 Å². The van der Waals surface area contributed by atoms with Crippen LogP contribution >= 0.6 is 0 Å². The predicted molar refractivity (Wildman–Crippen MR) is 112 cm³/mol. The first-order valence-corrected chi connectivity index (χ1v) is 10.5. The number of methoxy groups -OCH3 is 1. The predicted octanol–water partition coefficient (Wildman–Crippen LogP) is 1.09. The number of hydrogen-bond donors (Lipinski definition) is 2. The average Bonchev–Trinajstić information content (AvgIpc) is 3.51. The minimum Gasteiger partial charge on any atom is -0.383 e. The summed E-state index contributed by atoms with van der Waals surface area (Å²) < 4.78 is 19.6. The lowest BCUT2D eigenvalue weighted by Gasteiger charge is -2.44. The molecule has 1 unspecified atom stereocenters. The van der Waals surface area contributed by atoms with Gasteiger partial charge in [0.05, 0.1) is 19.5 Å². The molecule has 32 heavy (non-hydrogen) atoms. The number of ether oxygens (including phenoxy) is 1. The van der Waals surface area contributed by atoms with Crippen molar-refractivity contribution in [3.05, 3.63) is 53.4 Å². The van der Waals surface area contributed by atoms with Gasteiger partial charge in [0.25, 0.3) is 11.8 Å². The fraction of sp³-hybridized carbons (Fsp3) is 0.455. The Hall–Kier alpha value is -3.27. The zero-order valence-electron chi connectivity index (χ0n) is 18.1. The molecule has 2 aromatic rings. The molecule has 1 aromatic carbocycles. The van der Waals surface area contributed by atoms with Crippen molar-refractivity contribution in [2.24, 2.45) is 0 Å². The molecule has 2 aliphatic rings. The summed E-state index contributed by atoms with van der Waals surface area (Å²) >= 11 is 0. The minimum absolute atomic E-state index is 0.0468. The normalized spacial score (nSPS) is 20.1. The third kappa shape index (κ3) is 4.10. The summed E-state index contributed by atoms with van der Waals surface area (Å²) in [7, 11) is 1.53. The van der Waals surface area contributed by atoms with Crippen LogP contribution in [0.2, 0.25) is 0 Å². The van der Waals surface area contributed by atoms with Gasteiger partial charge in [0, 0.05) is 26.2 Å². The molecule has 3 amide bonds. The smallest absolute Gasteiger partial charge is 0.274 e. The van der Waals surface area contributed by atoms with Gasteiger partial charge in [-0.2, -0.15) is 0 Å². The van der Waals surface area contributed by atoms with E-state index in [1.807, 2.05) is 0 Å². The Morgan fingerprint density at radius 2 is 1.97 bits per heavy atom. The van der Waals surface area contributed by atoms with Gasteiger partial charge in [0.1, 0.15) is 17.1 Å². The standard InChI is InChI=1S/C22H26FN5O4/c1-22(21(31)25-11-14-3-5-15(23)6-4-14)12-27-13-26-17(19(29)24-9-10-32-2)18(27)20(30)28(22)16-7-8-16/h3-6,13,16H,7-12H2,1-2H3,(H,24,29)(H,25,31). The van der Waals surface area contributed by atoms with Crippen LogP contribution in [0.25, 0.3) is 0 Å². The maximum Gasteiger partial charge on any atom is 0.274 e. The summed E-state index contributed by atoms with van der Waals surface area (Å²) in [5.41, 5.74) is -0.154. The quantitative estimate of drug-likeness (QED) is 0.595. The molecule has 2 heterocycles. The molecular formula is C22H26FN5O4. The van der Waals surface area contributed by atoms with Crippen LogP contribution in [-0.2, 0) is 22.6 Å². The molecule has 0 bridgehead atoms. The van der Waals surface area contributed by atoms with E-state index in [0.29, 0.717) is 13.2 Å². The number of rotatable bonds is 8. The Kier molecular flexibility index (Phi) is 5.96. The number of imidazole rings is 1. The Morgan fingerprint density at radius 1 is 1.25 bits per heavy atom. The molecule has 2 N–H and O–H groups in total. The molecule has 1 aliphatic carbocycles. The van der Waals surface area contributed by atoms with E-state index in [1.54, 1.807) is 28.5 Å². The van der Waals surface area contributed by atoms with Crippen molar-refractivity contribution >= 4 is 17.7 Å². The van der Waals surface area contributed by atoms with Crippen LogP contribution in [-0.4, -0.2) is 64.0 Å². The Bertz CT molecular complexity index is 1030. The van der Waals surface area contributed by atoms with Gasteiger partial charge in [-0.3, -0.25) is 14.4 Å². The highest BCUT2D eigenvalue weighted by molar-refractivity contribution is 6.07. The zero-order valence-corrected chi connectivity index (χ0v) is 18.1. The van der Waals surface area contributed by atoms with Crippen molar-refractivity contribution in [3.8, 4) is 0 Å². The molecule has 170 valence electrons. The molecule has 0 radical (unpaired) electrons. The minimum atomic E-state index is -1.14. The van der Waals surface area contributed by atoms with E-state index in [2.05, 4.69) is 15.6 Å². The highest BCUT2D eigenvalue weighted by Gasteiger charge is 2.53. The summed E-state index contributed by atoms with van der Waals surface area (Å²) in [4.78, 5) is 45.1. The SMILES string of the molecule is COCCNC(=O)c1ncn2c1C(=O)N(C1CC1)C(C)(C(=O)NCc1ccc(F)cc1)C2. The van der Waals surface area contributed by atoms with Crippen LogP contribution in [0.5, 0.6) is 0 Å². The summed E-state index contributed by atoms with van der Waals surface area (Å²) in [5.74, 6) is -1.50. The van der Waals surface area contributed by atoms with Crippen molar-refractivity contribution in [2.45, 2.75) is 44.4 Å². The van der Waals surface area contributed by atoms with Gasteiger partial charge in [0.2, 0.25) is 5.91 Å². The number of carbonyl (C=O) groups is 3. The second-order valence-electron chi connectivity index (χ2n) is 8.31. The van der Waals surface area contributed by atoms with Crippen LogP contribution in [0.15, 0.2) is 30.6 Å². The van der Waals surface area contributed by atoms with E-state index in [0.717, 1.165) is 18.4 Å². The summed E-state index contributed by atoms with van der Waals surface area (Å²) in [5, 5.41) is 5.56. The Balaban J connectivity index is 1.56. The van der Waals surface area contributed by atoms with Crippen LogP contribution in [0.1, 0.15) is 46.3 Å². The largest absolute Gasteiger partial charge is 0.383 e. The molecule has 1 aromatic heterocycles. The second kappa shape index (κ2) is 8.70. The van der Waals surface area contributed by atoms with Crippen molar-refractivity contribution in [3.63, 3.8) is 0 Å². The third-order valence-electron chi connectivity index (χ3n) is 5.84. The number of nitrogens with one attached hydrogen (secondary N) is 2. The summed E-state index contributed by atoms with van der Waals surface area (Å²) in [6.07, 6.45) is 3.03. The van der Waals surface area contributed by atoms with Crippen molar-refractivity contribution in [1.82, 2.24) is 25.1 Å². The van der Waals surface area contributed by atoms with Crippen molar-refractivity contribution in [2.75, 3.05) is 20.3 Å². The first kappa shape index (κ1) is 21.9. The van der Waals surface area contributed by atoms with Crippen molar-refractivity contribution < 1.29 is 23.5 Å². The molecule has 1 fully saturated rings. The van der Waals surface area contributed by atoms with Crippen LogP contribution in [0.3, 0.4) is 0 Å². The third-order valence-corrected chi connectivity index (χ3v) is 5.84. The maximum absolute atomic E-state index is 13.5. The number of benzene rings is 1. The Labute approximate surface area is 184 Å². The second-order valence-corrected chi connectivity index (χ2v) is 8.31. The van der Waals surface area contributed by atoms with Gasteiger partial charge >= 0.3 is 0 Å². The van der Waals surface area contributed by atoms with Crippen LogP contribution < -0.4 is 10.6 Å². The lowest BCUT2D eigenvalue weighted by molar-refractivity contribution is -0.133. The number of aromatic nitrogens is 2. The maximum atomic E-state index is 13.5.